The van der Waals surface area contributed by atoms with E-state index in [1.165, 1.54) is 5.56 Å². The lowest BCUT2D eigenvalue weighted by molar-refractivity contribution is 0.414. The number of methoxy groups -OCH3 is 1. The van der Waals surface area contributed by atoms with Gasteiger partial charge in [-0.1, -0.05) is 26.5 Å². The van der Waals surface area contributed by atoms with Crippen LogP contribution < -0.4 is 4.74 Å². The molecule has 13 heavy (non-hydrogen) atoms. The van der Waals surface area contributed by atoms with Crippen LogP contribution in [-0.2, 0) is 0 Å². The standard InChI is InChI=1S/C12H15O/c1-5-10-8-11(13-4)6-7-12(10)9(2)3/h6-9H,1H2,2-4H3. The smallest absolute Gasteiger partial charge is 0.119 e. The minimum absolute atomic E-state index is 0.496. The second-order valence-corrected chi connectivity index (χ2v) is 3.28. The maximum atomic E-state index is 5.12. The third kappa shape index (κ3) is 2.11. The molecule has 0 bridgehead atoms. The monoisotopic (exact) mass is 175 g/mol. The molecule has 1 aromatic rings. The van der Waals surface area contributed by atoms with Crippen LogP contribution in [0, 0.1) is 6.08 Å². The van der Waals surface area contributed by atoms with E-state index in [0.717, 1.165) is 11.3 Å². The quantitative estimate of drug-likeness (QED) is 0.685. The maximum absolute atomic E-state index is 5.12. The van der Waals surface area contributed by atoms with Crippen molar-refractivity contribution in [3.63, 3.8) is 0 Å². The van der Waals surface area contributed by atoms with Gasteiger partial charge in [0.05, 0.1) is 7.11 Å². The molecule has 69 valence electrons. The number of hydrogen-bond acceptors (Lipinski definition) is 1. The molecule has 0 saturated carbocycles. The molecule has 1 aromatic carbocycles. The molecule has 0 atom stereocenters. The molecule has 0 fully saturated rings. The van der Waals surface area contributed by atoms with Crippen LogP contribution in [0.1, 0.15) is 30.9 Å². The number of ether oxygens (including phenoxy) is 1. The Morgan fingerprint density at radius 1 is 1.38 bits per heavy atom. The lowest BCUT2D eigenvalue weighted by atomic mass is 9.97. The Balaban J connectivity index is 3.15. The average molecular weight is 175 g/mol. The molecule has 0 saturated heterocycles. The molecule has 0 aliphatic carbocycles. The second-order valence-electron chi connectivity index (χ2n) is 3.28. The normalized spacial score (nSPS) is 10.2. The minimum Gasteiger partial charge on any atom is -0.497 e. The fraction of sp³-hybridized carbons (Fsp3) is 0.333. The van der Waals surface area contributed by atoms with E-state index in [4.69, 9.17) is 4.74 Å². The summed E-state index contributed by atoms with van der Waals surface area (Å²) in [7, 11) is 1.66. The fourth-order valence-electron chi connectivity index (χ4n) is 1.32. The van der Waals surface area contributed by atoms with Gasteiger partial charge < -0.3 is 4.74 Å². The summed E-state index contributed by atoms with van der Waals surface area (Å²) in [4.78, 5) is 0. The van der Waals surface area contributed by atoms with Crippen LogP contribution >= 0.6 is 0 Å². The van der Waals surface area contributed by atoms with Crippen molar-refractivity contribution in [3.8, 4) is 5.75 Å². The van der Waals surface area contributed by atoms with E-state index >= 15 is 0 Å². The van der Waals surface area contributed by atoms with E-state index in [2.05, 4.69) is 32.6 Å². The zero-order valence-electron chi connectivity index (χ0n) is 8.42. The van der Waals surface area contributed by atoms with Crippen LogP contribution in [-0.4, -0.2) is 7.11 Å². The van der Waals surface area contributed by atoms with E-state index in [-0.39, 0.29) is 0 Å². The third-order valence-corrected chi connectivity index (χ3v) is 2.07. The van der Waals surface area contributed by atoms with Crippen molar-refractivity contribution < 1.29 is 4.74 Å². The summed E-state index contributed by atoms with van der Waals surface area (Å²) in [5, 5.41) is 0. The molecule has 0 aromatic heterocycles. The van der Waals surface area contributed by atoms with E-state index in [9.17, 15) is 0 Å². The largest absolute Gasteiger partial charge is 0.497 e. The zero-order valence-corrected chi connectivity index (χ0v) is 8.42. The van der Waals surface area contributed by atoms with Gasteiger partial charge in [0.1, 0.15) is 5.75 Å². The van der Waals surface area contributed by atoms with Crippen molar-refractivity contribution in [3.05, 3.63) is 42.0 Å². The zero-order chi connectivity index (χ0) is 9.84. The van der Waals surface area contributed by atoms with Crippen LogP contribution in [0.5, 0.6) is 5.75 Å². The highest BCUT2D eigenvalue weighted by atomic mass is 16.5. The summed E-state index contributed by atoms with van der Waals surface area (Å²) in [6.07, 6.45) is 2.92. The van der Waals surface area contributed by atoms with E-state index in [1.807, 2.05) is 12.1 Å². The van der Waals surface area contributed by atoms with E-state index in [0.29, 0.717) is 5.92 Å². The van der Waals surface area contributed by atoms with Crippen molar-refractivity contribution in [2.75, 3.05) is 7.11 Å². The van der Waals surface area contributed by atoms with Crippen LogP contribution in [0.15, 0.2) is 24.8 Å². The Kier molecular flexibility index (Phi) is 3.13. The van der Waals surface area contributed by atoms with Crippen LogP contribution in [0.3, 0.4) is 0 Å². The Hall–Kier alpha value is -1.24. The molecule has 0 N–H and O–H groups in total. The van der Waals surface area contributed by atoms with Gasteiger partial charge in [-0.2, -0.15) is 0 Å². The molecule has 0 spiro atoms. The van der Waals surface area contributed by atoms with Crippen molar-refractivity contribution in [1.29, 1.82) is 0 Å². The van der Waals surface area contributed by atoms with Gasteiger partial charge in [0.2, 0.25) is 0 Å². The molecule has 0 heterocycles. The first-order valence-electron chi connectivity index (χ1n) is 4.40. The lowest BCUT2D eigenvalue weighted by Crippen LogP contribution is -1.93. The Morgan fingerprint density at radius 2 is 2.08 bits per heavy atom. The van der Waals surface area contributed by atoms with Gasteiger partial charge in [0, 0.05) is 0 Å². The first-order valence-corrected chi connectivity index (χ1v) is 4.40. The average Bonchev–Trinajstić information content (AvgIpc) is 2.16. The lowest BCUT2D eigenvalue weighted by Gasteiger charge is -2.10. The molecular formula is C12H15O. The van der Waals surface area contributed by atoms with Crippen molar-refractivity contribution in [1.82, 2.24) is 0 Å². The summed E-state index contributed by atoms with van der Waals surface area (Å²) in [5.74, 6) is 1.35. The number of rotatable bonds is 3. The summed E-state index contributed by atoms with van der Waals surface area (Å²) in [5.41, 5.74) is 2.30. The van der Waals surface area contributed by atoms with Gasteiger partial charge >= 0.3 is 0 Å². The fourth-order valence-corrected chi connectivity index (χ4v) is 1.32. The van der Waals surface area contributed by atoms with Gasteiger partial charge in [-0.15, -0.1) is 0 Å². The second kappa shape index (κ2) is 4.13. The highest BCUT2D eigenvalue weighted by Crippen LogP contribution is 2.23. The van der Waals surface area contributed by atoms with Crippen LogP contribution in [0.2, 0.25) is 0 Å². The van der Waals surface area contributed by atoms with Gasteiger partial charge in [-0.25, -0.2) is 0 Å². The molecule has 0 aliphatic heterocycles. The topological polar surface area (TPSA) is 9.23 Å². The van der Waals surface area contributed by atoms with E-state index < -0.39 is 0 Å². The summed E-state index contributed by atoms with van der Waals surface area (Å²) in [6, 6.07) is 6.00. The van der Waals surface area contributed by atoms with E-state index in [1.54, 1.807) is 7.11 Å². The molecule has 0 amide bonds. The predicted molar refractivity (Wildman–Crippen MR) is 55.1 cm³/mol. The summed E-state index contributed by atoms with van der Waals surface area (Å²) in [6.45, 7) is 7.98. The predicted octanol–water partition coefficient (Wildman–Crippen LogP) is 3.16. The molecule has 0 aliphatic rings. The van der Waals surface area contributed by atoms with Crippen molar-refractivity contribution >= 4 is 0 Å². The Morgan fingerprint density at radius 3 is 2.54 bits per heavy atom. The molecule has 1 nitrogen and oxygen atoms in total. The summed E-state index contributed by atoms with van der Waals surface area (Å²) < 4.78 is 5.12. The first-order chi connectivity index (χ1) is 6.19. The maximum Gasteiger partial charge on any atom is 0.119 e. The van der Waals surface area contributed by atoms with Crippen LogP contribution in [0.25, 0.3) is 0 Å². The van der Waals surface area contributed by atoms with Gasteiger partial charge in [-0.05, 0) is 35.3 Å². The Bertz CT molecular complexity index is 300. The third-order valence-electron chi connectivity index (χ3n) is 2.07. The van der Waals surface area contributed by atoms with Crippen molar-refractivity contribution in [2.45, 2.75) is 19.8 Å². The van der Waals surface area contributed by atoms with Gasteiger partial charge in [0.25, 0.3) is 0 Å². The molecule has 1 rings (SSSR count). The minimum atomic E-state index is 0.496. The highest BCUT2D eigenvalue weighted by Gasteiger charge is 2.05. The number of hydrogen-bond donors (Lipinski definition) is 0. The number of benzene rings is 1. The molecule has 1 radical (unpaired) electrons. The molecular weight excluding hydrogens is 160 g/mol. The summed E-state index contributed by atoms with van der Waals surface area (Å²) >= 11 is 0. The van der Waals surface area contributed by atoms with Crippen LogP contribution in [0.4, 0.5) is 0 Å². The Labute approximate surface area is 80.0 Å². The molecule has 0 unspecified atom stereocenters. The highest BCUT2D eigenvalue weighted by molar-refractivity contribution is 5.40. The van der Waals surface area contributed by atoms with Gasteiger partial charge in [-0.3, -0.25) is 0 Å². The molecule has 1 heteroatoms. The van der Waals surface area contributed by atoms with Gasteiger partial charge in [0.15, 0.2) is 0 Å². The van der Waals surface area contributed by atoms with Crippen molar-refractivity contribution in [2.24, 2.45) is 0 Å². The first kappa shape index (κ1) is 9.85. The SMILES string of the molecule is C=[C]c1cc(OC)ccc1C(C)C.